The zero-order valence-electron chi connectivity index (χ0n) is 14.6. The molecule has 1 amide bonds. The number of aromatic nitrogens is 3. The third-order valence-corrected chi connectivity index (χ3v) is 4.74. The van der Waals surface area contributed by atoms with Gasteiger partial charge in [-0.05, 0) is 30.5 Å². The molecule has 1 aliphatic heterocycles. The molecular weight excluding hydrogens is 328 g/mol. The van der Waals surface area contributed by atoms with E-state index in [1.54, 1.807) is 19.5 Å². The SMILES string of the molecule is COc1cccc(C=C2CCN(C(=O)c3c[nH]c4ncncc34)CC2)c1. The molecule has 6 nitrogen and oxygen atoms in total. The van der Waals surface area contributed by atoms with Gasteiger partial charge in [0, 0.05) is 30.9 Å². The van der Waals surface area contributed by atoms with E-state index in [-0.39, 0.29) is 5.91 Å². The normalized spacial score (nSPS) is 14.5. The van der Waals surface area contributed by atoms with Gasteiger partial charge in [0.25, 0.3) is 5.91 Å². The molecule has 1 fully saturated rings. The van der Waals surface area contributed by atoms with Crippen molar-refractivity contribution in [3.63, 3.8) is 0 Å². The van der Waals surface area contributed by atoms with Crippen molar-refractivity contribution in [2.45, 2.75) is 12.8 Å². The summed E-state index contributed by atoms with van der Waals surface area (Å²) in [6, 6.07) is 8.02. The fourth-order valence-corrected chi connectivity index (χ4v) is 3.32. The molecule has 0 aliphatic carbocycles. The molecule has 1 aliphatic rings. The second kappa shape index (κ2) is 7.00. The topological polar surface area (TPSA) is 71.1 Å². The number of hydrogen-bond acceptors (Lipinski definition) is 4. The lowest BCUT2D eigenvalue weighted by Crippen LogP contribution is -2.36. The molecule has 1 N–H and O–H groups in total. The summed E-state index contributed by atoms with van der Waals surface area (Å²) in [6.07, 6.45) is 8.84. The minimum absolute atomic E-state index is 0.0338. The Morgan fingerprint density at radius 2 is 2.15 bits per heavy atom. The first-order valence-corrected chi connectivity index (χ1v) is 8.64. The van der Waals surface area contributed by atoms with Crippen molar-refractivity contribution >= 4 is 23.0 Å². The summed E-state index contributed by atoms with van der Waals surface area (Å²) in [4.78, 5) is 25.9. The lowest BCUT2D eigenvalue weighted by Gasteiger charge is -2.28. The Hall–Kier alpha value is -3.15. The van der Waals surface area contributed by atoms with Gasteiger partial charge in [-0.15, -0.1) is 0 Å². The van der Waals surface area contributed by atoms with Crippen LogP contribution in [0.1, 0.15) is 28.8 Å². The van der Waals surface area contributed by atoms with Crippen LogP contribution in [0.15, 0.2) is 48.6 Å². The molecule has 6 heteroatoms. The number of fused-ring (bicyclic) bond motifs is 1. The second-order valence-electron chi connectivity index (χ2n) is 6.36. The smallest absolute Gasteiger partial charge is 0.256 e. The van der Waals surface area contributed by atoms with E-state index < -0.39 is 0 Å². The van der Waals surface area contributed by atoms with Crippen LogP contribution in [-0.4, -0.2) is 46.0 Å². The quantitative estimate of drug-likeness (QED) is 0.788. The number of piperidine rings is 1. The zero-order chi connectivity index (χ0) is 17.9. The van der Waals surface area contributed by atoms with E-state index in [0.717, 1.165) is 42.6 Å². The molecule has 3 heterocycles. The van der Waals surface area contributed by atoms with Crippen LogP contribution in [0.4, 0.5) is 0 Å². The molecule has 0 radical (unpaired) electrons. The summed E-state index contributed by atoms with van der Waals surface area (Å²) in [5.41, 5.74) is 3.82. The monoisotopic (exact) mass is 348 g/mol. The highest BCUT2D eigenvalue weighted by Gasteiger charge is 2.22. The van der Waals surface area contributed by atoms with Crippen LogP contribution in [-0.2, 0) is 0 Å². The summed E-state index contributed by atoms with van der Waals surface area (Å²) in [6.45, 7) is 1.43. The lowest BCUT2D eigenvalue weighted by molar-refractivity contribution is 0.0746. The zero-order valence-corrected chi connectivity index (χ0v) is 14.6. The number of aromatic amines is 1. The fraction of sp³-hybridized carbons (Fsp3) is 0.250. The number of hydrogen-bond donors (Lipinski definition) is 1. The maximum Gasteiger partial charge on any atom is 0.256 e. The van der Waals surface area contributed by atoms with E-state index in [9.17, 15) is 4.79 Å². The molecule has 4 rings (SSSR count). The van der Waals surface area contributed by atoms with Gasteiger partial charge in [0.15, 0.2) is 0 Å². The molecule has 0 bridgehead atoms. The van der Waals surface area contributed by atoms with Crippen molar-refractivity contribution in [3.8, 4) is 5.75 Å². The van der Waals surface area contributed by atoms with Gasteiger partial charge in [0.1, 0.15) is 17.7 Å². The number of H-pyrrole nitrogens is 1. The van der Waals surface area contributed by atoms with Crippen LogP contribution in [0.25, 0.3) is 17.1 Å². The van der Waals surface area contributed by atoms with Gasteiger partial charge in [-0.2, -0.15) is 0 Å². The number of amides is 1. The van der Waals surface area contributed by atoms with E-state index in [1.165, 1.54) is 11.9 Å². The van der Waals surface area contributed by atoms with Crippen LogP contribution < -0.4 is 4.74 Å². The summed E-state index contributed by atoms with van der Waals surface area (Å²) in [5.74, 6) is 0.889. The summed E-state index contributed by atoms with van der Waals surface area (Å²) in [7, 11) is 1.67. The summed E-state index contributed by atoms with van der Waals surface area (Å²) < 4.78 is 5.27. The first-order chi connectivity index (χ1) is 12.7. The van der Waals surface area contributed by atoms with Crippen molar-refractivity contribution < 1.29 is 9.53 Å². The third kappa shape index (κ3) is 3.18. The van der Waals surface area contributed by atoms with Crippen molar-refractivity contribution in [1.82, 2.24) is 19.9 Å². The minimum atomic E-state index is 0.0338. The van der Waals surface area contributed by atoms with E-state index >= 15 is 0 Å². The number of methoxy groups -OCH3 is 1. The first-order valence-electron chi connectivity index (χ1n) is 8.64. The Morgan fingerprint density at radius 1 is 1.31 bits per heavy atom. The highest BCUT2D eigenvalue weighted by atomic mass is 16.5. The highest BCUT2D eigenvalue weighted by molar-refractivity contribution is 6.05. The van der Waals surface area contributed by atoms with Gasteiger partial charge < -0.3 is 14.6 Å². The van der Waals surface area contributed by atoms with Crippen LogP contribution in [0, 0.1) is 0 Å². The van der Waals surface area contributed by atoms with E-state index in [2.05, 4.69) is 27.1 Å². The molecule has 1 aromatic carbocycles. The average molecular weight is 348 g/mol. The Morgan fingerprint density at radius 3 is 2.96 bits per heavy atom. The molecule has 26 heavy (non-hydrogen) atoms. The highest BCUT2D eigenvalue weighted by Crippen LogP contribution is 2.24. The first kappa shape index (κ1) is 16.3. The van der Waals surface area contributed by atoms with Crippen LogP contribution in [0.3, 0.4) is 0 Å². The van der Waals surface area contributed by atoms with Crippen LogP contribution in [0.5, 0.6) is 5.75 Å². The number of nitrogens with zero attached hydrogens (tertiary/aromatic N) is 3. The van der Waals surface area contributed by atoms with Gasteiger partial charge >= 0.3 is 0 Å². The Balaban J connectivity index is 1.46. The molecular formula is C20H20N4O2. The van der Waals surface area contributed by atoms with Crippen molar-refractivity contribution in [2.24, 2.45) is 0 Å². The number of carbonyl (C=O) groups excluding carboxylic acids is 1. The molecule has 0 atom stereocenters. The molecule has 132 valence electrons. The van der Waals surface area contributed by atoms with Gasteiger partial charge in [0.05, 0.1) is 12.7 Å². The number of nitrogens with one attached hydrogen (secondary N) is 1. The minimum Gasteiger partial charge on any atom is -0.497 e. The van der Waals surface area contributed by atoms with E-state index in [1.807, 2.05) is 23.1 Å². The Labute approximate surface area is 151 Å². The van der Waals surface area contributed by atoms with Crippen LogP contribution in [0.2, 0.25) is 0 Å². The number of ether oxygens (including phenoxy) is 1. The second-order valence-corrected chi connectivity index (χ2v) is 6.36. The predicted molar refractivity (Wildman–Crippen MR) is 100.0 cm³/mol. The number of benzene rings is 1. The van der Waals surface area contributed by atoms with Gasteiger partial charge in [-0.1, -0.05) is 23.8 Å². The molecule has 0 unspecified atom stereocenters. The van der Waals surface area contributed by atoms with Crippen LogP contribution >= 0.6 is 0 Å². The number of likely N-dealkylation sites (tertiary alicyclic amines) is 1. The summed E-state index contributed by atoms with van der Waals surface area (Å²) >= 11 is 0. The van der Waals surface area contributed by atoms with E-state index in [0.29, 0.717) is 11.2 Å². The van der Waals surface area contributed by atoms with Crippen molar-refractivity contribution in [2.75, 3.05) is 20.2 Å². The largest absolute Gasteiger partial charge is 0.497 e. The maximum atomic E-state index is 12.8. The van der Waals surface area contributed by atoms with Gasteiger partial charge in [-0.25, -0.2) is 9.97 Å². The fourth-order valence-electron chi connectivity index (χ4n) is 3.32. The Kier molecular flexibility index (Phi) is 4.39. The van der Waals surface area contributed by atoms with Gasteiger partial charge in [-0.3, -0.25) is 4.79 Å². The van der Waals surface area contributed by atoms with Gasteiger partial charge in [0.2, 0.25) is 0 Å². The average Bonchev–Trinajstić information content (AvgIpc) is 3.12. The Bertz CT molecular complexity index is 967. The number of rotatable bonds is 3. The lowest BCUT2D eigenvalue weighted by atomic mass is 10.00. The third-order valence-electron chi connectivity index (χ3n) is 4.74. The molecule has 1 saturated heterocycles. The number of carbonyl (C=O) groups is 1. The van der Waals surface area contributed by atoms with Crippen molar-refractivity contribution in [1.29, 1.82) is 0 Å². The van der Waals surface area contributed by atoms with Crippen molar-refractivity contribution in [3.05, 3.63) is 59.7 Å². The summed E-state index contributed by atoms with van der Waals surface area (Å²) in [5, 5.41) is 0.773. The molecule has 0 saturated carbocycles. The standard InChI is InChI=1S/C20H20N4O2/c1-26-16-4-2-3-15(10-16)9-14-5-7-24(8-6-14)20(25)18-12-22-19-17(18)11-21-13-23-19/h2-4,9-13H,5-8H2,1H3,(H,21,22,23). The molecule has 0 spiro atoms. The molecule has 3 aromatic rings. The van der Waals surface area contributed by atoms with E-state index in [4.69, 9.17) is 4.74 Å². The molecule has 2 aromatic heterocycles. The maximum absolute atomic E-state index is 12.8. The predicted octanol–water partition coefficient (Wildman–Crippen LogP) is 3.29.